The van der Waals surface area contributed by atoms with Crippen LogP contribution in [0.25, 0.3) is 0 Å². The summed E-state index contributed by atoms with van der Waals surface area (Å²) in [4.78, 5) is 25.3. The third-order valence-electron chi connectivity index (χ3n) is 3.50. The number of likely N-dealkylation sites (tertiary alicyclic amines) is 1. The minimum atomic E-state index is -0.996. The normalized spacial score (nSPS) is 16.4. The van der Waals surface area contributed by atoms with Crippen LogP contribution in [0.2, 0.25) is 0 Å². The number of nitrogens with one attached hydrogen (secondary N) is 1. The van der Waals surface area contributed by atoms with Gasteiger partial charge in [0, 0.05) is 4.88 Å². The number of nitrogens with zero attached hydrogens (tertiary/aromatic N) is 1. The third kappa shape index (κ3) is 3.95. The van der Waals surface area contributed by atoms with Gasteiger partial charge in [0.25, 0.3) is 0 Å². The highest BCUT2D eigenvalue weighted by Crippen LogP contribution is 2.24. The predicted molar refractivity (Wildman–Crippen MR) is 79.5 cm³/mol. The average Bonchev–Trinajstić information content (AvgIpc) is 2.86. The third-order valence-corrected chi connectivity index (χ3v) is 4.46. The second-order valence-electron chi connectivity index (χ2n) is 5.37. The van der Waals surface area contributed by atoms with Crippen molar-refractivity contribution in [2.75, 3.05) is 19.7 Å². The summed E-state index contributed by atoms with van der Waals surface area (Å²) in [5.74, 6) is -0.996. The number of aliphatic carboxylic acids is 1. The Morgan fingerprint density at radius 2 is 2.24 bits per heavy atom. The van der Waals surface area contributed by atoms with E-state index in [1.807, 2.05) is 12.3 Å². The van der Waals surface area contributed by atoms with Crippen LogP contribution in [0.15, 0.2) is 11.4 Å². The van der Waals surface area contributed by atoms with Crippen LogP contribution in [0.5, 0.6) is 0 Å². The van der Waals surface area contributed by atoms with Gasteiger partial charge in [-0.2, -0.15) is 0 Å². The number of urea groups is 1. The Bertz CT molecular complexity index is 523. The summed E-state index contributed by atoms with van der Waals surface area (Å²) in [6, 6.07) is 1.94. The number of amides is 2. The molecule has 116 valence electrons. The quantitative estimate of drug-likeness (QED) is 0.838. The van der Waals surface area contributed by atoms with Crippen molar-refractivity contribution in [1.82, 2.24) is 10.2 Å². The van der Waals surface area contributed by atoms with E-state index < -0.39 is 11.6 Å². The molecule has 2 heterocycles. The van der Waals surface area contributed by atoms with Crippen molar-refractivity contribution in [2.24, 2.45) is 0 Å². The van der Waals surface area contributed by atoms with Crippen LogP contribution in [0.1, 0.15) is 24.3 Å². The van der Waals surface area contributed by atoms with Crippen LogP contribution in [-0.4, -0.2) is 47.3 Å². The van der Waals surface area contributed by atoms with E-state index in [4.69, 9.17) is 9.84 Å². The molecule has 1 aliphatic rings. The molecule has 2 rings (SSSR count). The Kier molecular flexibility index (Phi) is 4.84. The molecule has 6 nitrogen and oxygen atoms in total. The molecule has 0 saturated carbocycles. The molecule has 0 aromatic carbocycles. The van der Waals surface area contributed by atoms with Crippen molar-refractivity contribution in [1.29, 1.82) is 0 Å². The first-order valence-corrected chi connectivity index (χ1v) is 7.75. The molecule has 0 spiro atoms. The lowest BCUT2D eigenvalue weighted by Gasteiger charge is -2.46. The number of hydrogen-bond acceptors (Lipinski definition) is 4. The molecule has 0 unspecified atom stereocenters. The van der Waals surface area contributed by atoms with Crippen molar-refractivity contribution < 1.29 is 19.4 Å². The van der Waals surface area contributed by atoms with Gasteiger partial charge in [-0.15, -0.1) is 11.3 Å². The van der Waals surface area contributed by atoms with Gasteiger partial charge in [-0.25, -0.2) is 9.59 Å². The number of carboxylic acid groups (broad SMARTS) is 1. The highest BCUT2D eigenvalue weighted by molar-refractivity contribution is 7.10. The van der Waals surface area contributed by atoms with Gasteiger partial charge >= 0.3 is 12.0 Å². The highest BCUT2D eigenvalue weighted by atomic mass is 32.1. The summed E-state index contributed by atoms with van der Waals surface area (Å²) in [6.07, 6.45) is 0.958. The molecular weight excluding hydrogens is 292 g/mol. The summed E-state index contributed by atoms with van der Waals surface area (Å²) >= 11 is 1.64. The molecule has 0 radical (unpaired) electrons. The number of carboxylic acids is 1. The van der Waals surface area contributed by atoms with Crippen LogP contribution >= 0.6 is 11.3 Å². The predicted octanol–water partition coefficient (Wildman–Crippen LogP) is 1.70. The standard InChI is InChI=1S/C14H20N2O4S/c1-3-10-4-5-21-11(10)6-15-13(19)16-8-14(2,9-16)20-7-12(17)18/h4-5H,3,6-9H2,1-2H3,(H,15,19)(H,17,18). The number of carbonyl (C=O) groups excluding carboxylic acids is 1. The zero-order chi connectivity index (χ0) is 15.5. The lowest BCUT2D eigenvalue weighted by Crippen LogP contribution is -2.65. The van der Waals surface area contributed by atoms with Crippen LogP contribution in [0.4, 0.5) is 4.79 Å². The summed E-state index contributed by atoms with van der Waals surface area (Å²) in [6.45, 7) is 4.93. The zero-order valence-corrected chi connectivity index (χ0v) is 13.0. The van der Waals surface area contributed by atoms with Crippen molar-refractivity contribution >= 4 is 23.3 Å². The summed E-state index contributed by atoms with van der Waals surface area (Å²) in [7, 11) is 0. The molecule has 1 fully saturated rings. The fourth-order valence-corrected chi connectivity index (χ4v) is 3.25. The van der Waals surface area contributed by atoms with Gasteiger partial charge in [-0.1, -0.05) is 6.92 Å². The van der Waals surface area contributed by atoms with Crippen LogP contribution in [-0.2, 0) is 22.5 Å². The number of carbonyl (C=O) groups is 2. The van der Waals surface area contributed by atoms with Crippen molar-refractivity contribution in [3.05, 3.63) is 21.9 Å². The van der Waals surface area contributed by atoms with Crippen molar-refractivity contribution in [3.8, 4) is 0 Å². The molecular formula is C14H20N2O4S. The van der Waals surface area contributed by atoms with Crippen LogP contribution < -0.4 is 5.32 Å². The highest BCUT2D eigenvalue weighted by Gasteiger charge is 2.42. The minimum absolute atomic E-state index is 0.137. The maximum Gasteiger partial charge on any atom is 0.329 e. The number of hydrogen-bond donors (Lipinski definition) is 2. The van der Waals surface area contributed by atoms with Gasteiger partial charge < -0.3 is 20.1 Å². The summed E-state index contributed by atoms with van der Waals surface area (Å²) < 4.78 is 5.28. The summed E-state index contributed by atoms with van der Waals surface area (Å²) in [5.41, 5.74) is 0.714. The molecule has 0 aliphatic carbocycles. The summed E-state index contributed by atoms with van der Waals surface area (Å²) in [5, 5.41) is 13.5. The second-order valence-corrected chi connectivity index (χ2v) is 6.37. The van der Waals surface area contributed by atoms with E-state index in [1.165, 1.54) is 10.4 Å². The van der Waals surface area contributed by atoms with E-state index >= 15 is 0 Å². The van der Waals surface area contributed by atoms with Gasteiger partial charge in [0.1, 0.15) is 12.2 Å². The number of thiophene rings is 1. The Morgan fingerprint density at radius 3 is 2.86 bits per heavy atom. The maximum atomic E-state index is 12.0. The molecule has 0 atom stereocenters. The topological polar surface area (TPSA) is 78.9 Å². The van der Waals surface area contributed by atoms with E-state index in [0.717, 1.165) is 6.42 Å². The van der Waals surface area contributed by atoms with Crippen LogP contribution in [0.3, 0.4) is 0 Å². The zero-order valence-electron chi connectivity index (χ0n) is 12.2. The van der Waals surface area contributed by atoms with E-state index in [9.17, 15) is 9.59 Å². The SMILES string of the molecule is CCc1ccsc1CNC(=O)N1CC(C)(OCC(=O)O)C1. The monoisotopic (exact) mass is 312 g/mol. The van der Waals surface area contributed by atoms with Gasteiger partial charge in [0.05, 0.1) is 19.6 Å². The van der Waals surface area contributed by atoms with E-state index in [-0.39, 0.29) is 12.6 Å². The first-order chi connectivity index (χ1) is 9.93. The van der Waals surface area contributed by atoms with Crippen molar-refractivity contribution in [3.63, 3.8) is 0 Å². The van der Waals surface area contributed by atoms with Gasteiger partial charge in [0.2, 0.25) is 0 Å². The Labute approximate surface area is 127 Å². The second kappa shape index (κ2) is 6.44. The Hall–Kier alpha value is -1.60. The fraction of sp³-hybridized carbons (Fsp3) is 0.571. The van der Waals surface area contributed by atoms with Gasteiger partial charge in [-0.05, 0) is 30.4 Å². The molecule has 2 amide bonds. The first kappa shape index (κ1) is 15.8. The Morgan fingerprint density at radius 1 is 1.52 bits per heavy atom. The van der Waals surface area contributed by atoms with Crippen molar-refractivity contribution in [2.45, 2.75) is 32.4 Å². The van der Waals surface area contributed by atoms with E-state index in [0.29, 0.717) is 19.6 Å². The number of rotatable bonds is 6. The Balaban J connectivity index is 1.75. The molecule has 1 saturated heterocycles. The van der Waals surface area contributed by atoms with Gasteiger partial charge in [0.15, 0.2) is 0 Å². The van der Waals surface area contributed by atoms with Crippen LogP contribution in [0, 0.1) is 0 Å². The van der Waals surface area contributed by atoms with Gasteiger partial charge in [-0.3, -0.25) is 0 Å². The smallest absolute Gasteiger partial charge is 0.329 e. The molecule has 2 N–H and O–H groups in total. The molecule has 1 aromatic rings. The fourth-order valence-electron chi connectivity index (χ4n) is 2.34. The van der Waals surface area contributed by atoms with E-state index in [2.05, 4.69) is 18.3 Å². The van der Waals surface area contributed by atoms with E-state index in [1.54, 1.807) is 16.2 Å². The lowest BCUT2D eigenvalue weighted by molar-refractivity contribution is -0.159. The molecule has 0 bridgehead atoms. The first-order valence-electron chi connectivity index (χ1n) is 6.87. The molecule has 1 aliphatic heterocycles. The minimum Gasteiger partial charge on any atom is -0.480 e. The molecule has 1 aromatic heterocycles. The number of ether oxygens (including phenoxy) is 1. The lowest BCUT2D eigenvalue weighted by atomic mass is 9.97. The largest absolute Gasteiger partial charge is 0.480 e. The average molecular weight is 312 g/mol. The molecule has 7 heteroatoms. The maximum absolute atomic E-state index is 12.0. The number of aryl methyl sites for hydroxylation is 1. The molecule has 21 heavy (non-hydrogen) atoms.